The summed E-state index contributed by atoms with van der Waals surface area (Å²) in [4.78, 5) is 0. The van der Waals surface area contributed by atoms with Crippen molar-refractivity contribution >= 4 is 0 Å². The van der Waals surface area contributed by atoms with Crippen molar-refractivity contribution in [3.63, 3.8) is 0 Å². The van der Waals surface area contributed by atoms with Crippen molar-refractivity contribution in [2.45, 2.75) is 26.7 Å². The Morgan fingerprint density at radius 3 is 1.91 bits per heavy atom. The maximum absolute atomic E-state index is 2.34. The van der Waals surface area contributed by atoms with E-state index in [-0.39, 0.29) is 24.0 Å². The van der Waals surface area contributed by atoms with E-state index in [0.717, 1.165) is 10.4 Å². The zero-order chi connectivity index (χ0) is 8.20. The van der Waals surface area contributed by atoms with E-state index in [1.54, 1.807) is 0 Å². The van der Waals surface area contributed by atoms with E-state index in [1.165, 1.54) is 19.4 Å². The van der Waals surface area contributed by atoms with Gasteiger partial charge in [-0.1, -0.05) is 20.3 Å². The van der Waals surface area contributed by atoms with Gasteiger partial charge in [-0.2, -0.15) is 0 Å². The predicted octanol–water partition coefficient (Wildman–Crippen LogP) is -0.867. The standard InChI is InChI=1S/C9H22N.HI/c1-6-7-9(2)8-10(3,4)5;/h9H,6-8H2,1-5H3;1H/q+1;/p-1. The Morgan fingerprint density at radius 2 is 1.64 bits per heavy atom. The van der Waals surface area contributed by atoms with Gasteiger partial charge >= 0.3 is 0 Å². The molecular weight excluding hydrogens is 249 g/mol. The molecule has 0 aromatic rings. The summed E-state index contributed by atoms with van der Waals surface area (Å²) in [5, 5.41) is 0. The van der Waals surface area contributed by atoms with Gasteiger partial charge in [0.15, 0.2) is 0 Å². The van der Waals surface area contributed by atoms with Crippen molar-refractivity contribution in [3.8, 4) is 0 Å². The molecule has 1 atom stereocenters. The molecule has 0 fully saturated rings. The fourth-order valence-electron chi connectivity index (χ4n) is 1.52. The molecule has 0 spiro atoms. The number of hydrogen-bond acceptors (Lipinski definition) is 0. The van der Waals surface area contributed by atoms with Crippen LogP contribution in [0.15, 0.2) is 0 Å². The lowest BCUT2D eigenvalue weighted by atomic mass is 10.1. The highest BCUT2D eigenvalue weighted by Gasteiger charge is 2.11. The molecule has 2 heteroatoms. The fourth-order valence-corrected chi connectivity index (χ4v) is 1.52. The number of hydrogen-bond donors (Lipinski definition) is 0. The molecule has 0 amide bonds. The van der Waals surface area contributed by atoms with Gasteiger partial charge < -0.3 is 28.5 Å². The van der Waals surface area contributed by atoms with Gasteiger partial charge in [0.2, 0.25) is 0 Å². The zero-order valence-electron chi connectivity index (χ0n) is 8.52. The lowest BCUT2D eigenvalue weighted by Crippen LogP contribution is -3.00. The monoisotopic (exact) mass is 271 g/mol. The van der Waals surface area contributed by atoms with Crippen LogP contribution in [-0.2, 0) is 0 Å². The van der Waals surface area contributed by atoms with Crippen molar-refractivity contribution < 1.29 is 28.5 Å². The van der Waals surface area contributed by atoms with Crippen LogP contribution in [0.25, 0.3) is 0 Å². The summed E-state index contributed by atoms with van der Waals surface area (Å²) in [7, 11) is 6.77. The van der Waals surface area contributed by atoms with Crippen molar-refractivity contribution in [1.29, 1.82) is 0 Å². The predicted molar refractivity (Wildman–Crippen MR) is 47.0 cm³/mol. The molecule has 0 aliphatic carbocycles. The van der Waals surface area contributed by atoms with Crippen LogP contribution in [0.4, 0.5) is 0 Å². The summed E-state index contributed by atoms with van der Waals surface area (Å²) in [6.07, 6.45) is 2.69. The second-order valence-electron chi connectivity index (χ2n) is 4.37. The first-order valence-corrected chi connectivity index (χ1v) is 4.26. The zero-order valence-corrected chi connectivity index (χ0v) is 10.7. The summed E-state index contributed by atoms with van der Waals surface area (Å²) < 4.78 is 1.10. The van der Waals surface area contributed by atoms with Crippen LogP contribution in [0.5, 0.6) is 0 Å². The summed E-state index contributed by atoms with van der Waals surface area (Å²) >= 11 is 0. The first kappa shape index (κ1) is 14.2. The van der Waals surface area contributed by atoms with Gasteiger partial charge in [0.25, 0.3) is 0 Å². The highest BCUT2D eigenvalue weighted by Crippen LogP contribution is 2.08. The Kier molecular flexibility index (Phi) is 8.06. The minimum Gasteiger partial charge on any atom is -1.00 e. The van der Waals surface area contributed by atoms with Crippen LogP contribution in [-0.4, -0.2) is 32.2 Å². The summed E-state index contributed by atoms with van der Waals surface area (Å²) in [6, 6.07) is 0. The average molecular weight is 271 g/mol. The summed E-state index contributed by atoms with van der Waals surface area (Å²) in [5.41, 5.74) is 0. The minimum atomic E-state index is 0. The van der Waals surface area contributed by atoms with Gasteiger partial charge in [-0.25, -0.2) is 0 Å². The molecule has 0 N–H and O–H groups in total. The van der Waals surface area contributed by atoms with Gasteiger partial charge in [-0.15, -0.1) is 0 Å². The molecule has 0 aliphatic rings. The van der Waals surface area contributed by atoms with E-state index in [4.69, 9.17) is 0 Å². The molecule has 0 aliphatic heterocycles. The molecule has 0 heterocycles. The van der Waals surface area contributed by atoms with Crippen LogP contribution in [0.2, 0.25) is 0 Å². The Morgan fingerprint density at radius 1 is 1.18 bits per heavy atom. The van der Waals surface area contributed by atoms with Crippen LogP contribution >= 0.6 is 0 Å². The molecule has 0 bridgehead atoms. The third-order valence-electron chi connectivity index (χ3n) is 1.64. The molecular formula is C9H22IN. The van der Waals surface area contributed by atoms with Crippen molar-refractivity contribution in [1.82, 2.24) is 0 Å². The molecule has 70 valence electrons. The highest BCUT2D eigenvalue weighted by atomic mass is 127. The SMILES string of the molecule is CCCC(C)C[N+](C)(C)C.[I-]. The Labute approximate surface area is 88.8 Å². The van der Waals surface area contributed by atoms with E-state index >= 15 is 0 Å². The highest BCUT2D eigenvalue weighted by molar-refractivity contribution is 4.48. The molecule has 0 radical (unpaired) electrons. The molecule has 0 aromatic carbocycles. The number of quaternary nitrogens is 1. The van der Waals surface area contributed by atoms with Crippen LogP contribution < -0.4 is 24.0 Å². The lowest BCUT2D eigenvalue weighted by molar-refractivity contribution is -0.873. The first-order chi connectivity index (χ1) is 4.45. The maximum Gasteiger partial charge on any atom is 0.0806 e. The van der Waals surface area contributed by atoms with Gasteiger partial charge in [-0.3, -0.25) is 0 Å². The smallest absolute Gasteiger partial charge is 0.0806 e. The van der Waals surface area contributed by atoms with Gasteiger partial charge in [0, 0.05) is 5.92 Å². The average Bonchev–Trinajstić information content (AvgIpc) is 1.59. The third kappa shape index (κ3) is 10.7. The molecule has 0 saturated carbocycles. The van der Waals surface area contributed by atoms with Gasteiger partial charge in [-0.05, 0) is 6.42 Å². The summed E-state index contributed by atoms with van der Waals surface area (Å²) in [6.45, 7) is 5.90. The number of nitrogens with zero attached hydrogens (tertiary/aromatic N) is 1. The minimum absolute atomic E-state index is 0. The Hall–Kier alpha value is 0.690. The molecule has 1 unspecified atom stereocenters. The van der Waals surface area contributed by atoms with E-state index in [1.807, 2.05) is 0 Å². The maximum atomic E-state index is 2.34. The van der Waals surface area contributed by atoms with Crippen molar-refractivity contribution in [2.75, 3.05) is 27.7 Å². The normalized spacial score (nSPS) is 13.9. The Bertz CT molecular complexity index is 86.1. The van der Waals surface area contributed by atoms with Crippen LogP contribution in [0, 0.1) is 5.92 Å². The first-order valence-electron chi connectivity index (χ1n) is 4.26. The van der Waals surface area contributed by atoms with E-state index < -0.39 is 0 Å². The largest absolute Gasteiger partial charge is 1.00 e. The van der Waals surface area contributed by atoms with E-state index in [2.05, 4.69) is 35.0 Å². The van der Waals surface area contributed by atoms with Crippen molar-refractivity contribution in [3.05, 3.63) is 0 Å². The molecule has 1 nitrogen and oxygen atoms in total. The fraction of sp³-hybridized carbons (Fsp3) is 1.00. The van der Waals surface area contributed by atoms with E-state index in [0.29, 0.717) is 0 Å². The van der Waals surface area contributed by atoms with Crippen LogP contribution in [0.1, 0.15) is 26.7 Å². The second kappa shape index (κ2) is 6.23. The number of halogens is 1. The Balaban J connectivity index is 0. The van der Waals surface area contributed by atoms with Crippen LogP contribution in [0.3, 0.4) is 0 Å². The topological polar surface area (TPSA) is 0 Å². The number of rotatable bonds is 4. The molecule has 0 rings (SSSR count). The molecule has 0 saturated heterocycles. The van der Waals surface area contributed by atoms with Gasteiger partial charge in [0.05, 0.1) is 27.7 Å². The quantitative estimate of drug-likeness (QED) is 0.461. The van der Waals surface area contributed by atoms with E-state index in [9.17, 15) is 0 Å². The third-order valence-corrected chi connectivity index (χ3v) is 1.64. The second-order valence-corrected chi connectivity index (χ2v) is 4.37. The molecule has 0 aromatic heterocycles. The van der Waals surface area contributed by atoms with Gasteiger partial charge in [0.1, 0.15) is 0 Å². The summed E-state index contributed by atoms with van der Waals surface area (Å²) in [5.74, 6) is 0.880. The lowest BCUT2D eigenvalue weighted by Gasteiger charge is -2.27. The van der Waals surface area contributed by atoms with Crippen molar-refractivity contribution in [2.24, 2.45) is 5.92 Å². The molecule has 11 heavy (non-hydrogen) atoms.